The van der Waals surface area contributed by atoms with Crippen molar-refractivity contribution in [3.05, 3.63) is 11.7 Å². The molecular weight excluding hydrogens is 254 g/mol. The molecule has 1 heterocycles. The van der Waals surface area contributed by atoms with Crippen LogP contribution >= 0.6 is 0 Å². The van der Waals surface area contributed by atoms with Crippen molar-refractivity contribution in [3.63, 3.8) is 0 Å². The quantitative estimate of drug-likeness (QED) is 0.868. The zero-order valence-electron chi connectivity index (χ0n) is 12.9. The van der Waals surface area contributed by atoms with Crippen molar-refractivity contribution < 1.29 is 9.26 Å². The summed E-state index contributed by atoms with van der Waals surface area (Å²) >= 11 is 0. The summed E-state index contributed by atoms with van der Waals surface area (Å²) in [6, 6.07) is 0.0812. The first kappa shape index (κ1) is 15.4. The van der Waals surface area contributed by atoms with E-state index in [4.69, 9.17) is 15.0 Å². The van der Waals surface area contributed by atoms with E-state index in [-0.39, 0.29) is 11.6 Å². The van der Waals surface area contributed by atoms with E-state index in [0.29, 0.717) is 24.7 Å². The summed E-state index contributed by atoms with van der Waals surface area (Å²) in [7, 11) is 0. The van der Waals surface area contributed by atoms with Crippen LogP contribution in [0.25, 0.3) is 0 Å². The van der Waals surface area contributed by atoms with Gasteiger partial charge in [0.1, 0.15) is 5.60 Å². The van der Waals surface area contributed by atoms with Crippen molar-refractivity contribution in [3.8, 4) is 0 Å². The molecule has 0 aromatic carbocycles. The fraction of sp³-hybridized carbons (Fsp3) is 0.867. The van der Waals surface area contributed by atoms with Crippen LogP contribution in [0.4, 0.5) is 0 Å². The molecule has 1 aromatic heterocycles. The molecule has 5 nitrogen and oxygen atoms in total. The maximum atomic E-state index is 6.03. The van der Waals surface area contributed by atoms with Crippen molar-refractivity contribution in [2.45, 2.75) is 70.9 Å². The molecule has 0 bridgehead atoms. The Kier molecular flexibility index (Phi) is 5.16. The summed E-state index contributed by atoms with van der Waals surface area (Å²) in [4.78, 5) is 4.55. The molecule has 1 saturated carbocycles. The summed E-state index contributed by atoms with van der Waals surface area (Å²) in [6.45, 7) is 7.05. The average molecular weight is 281 g/mol. The highest BCUT2D eigenvalue weighted by molar-refractivity contribution is 5.04. The van der Waals surface area contributed by atoms with Gasteiger partial charge in [-0.1, -0.05) is 19.0 Å². The molecule has 1 aliphatic carbocycles. The van der Waals surface area contributed by atoms with E-state index < -0.39 is 0 Å². The standard InChI is InChI=1S/C15H27N3O2/c1-4-12(16)10-13-17-14(18-20-13)15(19-5-2)8-6-11(3)7-9-15/h11-12H,4-10,16H2,1-3H3. The number of hydrogen-bond acceptors (Lipinski definition) is 5. The highest BCUT2D eigenvalue weighted by Gasteiger charge is 2.40. The van der Waals surface area contributed by atoms with Gasteiger partial charge in [0.2, 0.25) is 11.7 Å². The predicted molar refractivity (Wildman–Crippen MR) is 77.2 cm³/mol. The summed E-state index contributed by atoms with van der Waals surface area (Å²) < 4.78 is 11.4. The number of nitrogens with zero attached hydrogens (tertiary/aromatic N) is 2. The Morgan fingerprint density at radius 1 is 1.40 bits per heavy atom. The molecule has 2 N–H and O–H groups in total. The summed E-state index contributed by atoms with van der Waals surface area (Å²) in [6.07, 6.45) is 5.80. The number of nitrogens with two attached hydrogens (primary N) is 1. The Balaban J connectivity index is 2.13. The van der Waals surface area contributed by atoms with Gasteiger partial charge in [-0.25, -0.2) is 0 Å². The minimum atomic E-state index is -0.348. The third-order valence-electron chi connectivity index (χ3n) is 4.34. The lowest BCUT2D eigenvalue weighted by Crippen LogP contribution is -2.35. The normalized spacial score (nSPS) is 28.5. The van der Waals surface area contributed by atoms with Crippen LogP contribution in [0.5, 0.6) is 0 Å². The molecule has 0 spiro atoms. The van der Waals surface area contributed by atoms with Gasteiger partial charge in [-0.2, -0.15) is 4.98 Å². The van der Waals surface area contributed by atoms with Gasteiger partial charge in [0, 0.05) is 19.1 Å². The lowest BCUT2D eigenvalue weighted by molar-refractivity contribution is -0.0847. The maximum Gasteiger partial charge on any atom is 0.228 e. The third kappa shape index (κ3) is 3.38. The Morgan fingerprint density at radius 3 is 2.70 bits per heavy atom. The van der Waals surface area contributed by atoms with E-state index >= 15 is 0 Å². The van der Waals surface area contributed by atoms with Gasteiger partial charge in [-0.05, 0) is 44.9 Å². The molecule has 1 aliphatic rings. The van der Waals surface area contributed by atoms with Crippen molar-refractivity contribution >= 4 is 0 Å². The number of ether oxygens (including phenoxy) is 1. The van der Waals surface area contributed by atoms with E-state index in [1.165, 1.54) is 0 Å². The van der Waals surface area contributed by atoms with Crippen LogP contribution in [0.1, 0.15) is 64.6 Å². The molecule has 1 atom stereocenters. The van der Waals surface area contributed by atoms with E-state index in [0.717, 1.165) is 38.0 Å². The Hall–Kier alpha value is -0.940. The fourth-order valence-corrected chi connectivity index (χ4v) is 2.83. The minimum Gasteiger partial charge on any atom is -0.367 e. The van der Waals surface area contributed by atoms with E-state index in [9.17, 15) is 0 Å². The Bertz CT molecular complexity index is 411. The molecule has 0 saturated heterocycles. The SMILES string of the molecule is CCOC1(c2noc(CC(N)CC)n2)CCC(C)CC1. The van der Waals surface area contributed by atoms with Gasteiger partial charge < -0.3 is 15.0 Å². The first-order chi connectivity index (χ1) is 9.59. The van der Waals surface area contributed by atoms with Gasteiger partial charge in [-0.3, -0.25) is 0 Å². The monoisotopic (exact) mass is 281 g/mol. The second-order valence-corrected chi connectivity index (χ2v) is 5.99. The van der Waals surface area contributed by atoms with Gasteiger partial charge in [0.05, 0.1) is 0 Å². The smallest absolute Gasteiger partial charge is 0.228 e. The molecule has 0 aliphatic heterocycles. The van der Waals surface area contributed by atoms with Crippen LogP contribution in [0.15, 0.2) is 4.52 Å². The molecule has 2 rings (SSSR count). The van der Waals surface area contributed by atoms with Crippen LogP contribution in [-0.2, 0) is 16.8 Å². The lowest BCUT2D eigenvalue weighted by Gasteiger charge is -2.36. The van der Waals surface area contributed by atoms with Crippen molar-refractivity contribution in [1.29, 1.82) is 0 Å². The maximum absolute atomic E-state index is 6.03. The number of rotatable bonds is 6. The van der Waals surface area contributed by atoms with Crippen LogP contribution in [0.3, 0.4) is 0 Å². The molecule has 1 unspecified atom stereocenters. The largest absolute Gasteiger partial charge is 0.367 e. The van der Waals surface area contributed by atoms with Crippen LogP contribution in [0.2, 0.25) is 0 Å². The summed E-state index contributed by atoms with van der Waals surface area (Å²) in [5.41, 5.74) is 5.60. The first-order valence-electron chi connectivity index (χ1n) is 7.82. The molecule has 0 radical (unpaired) electrons. The second-order valence-electron chi connectivity index (χ2n) is 5.99. The molecule has 0 amide bonds. The summed E-state index contributed by atoms with van der Waals surface area (Å²) in [5, 5.41) is 4.18. The van der Waals surface area contributed by atoms with Crippen molar-refractivity contribution in [2.75, 3.05) is 6.61 Å². The Labute approximate surface area is 121 Å². The highest BCUT2D eigenvalue weighted by atomic mass is 16.5. The minimum absolute atomic E-state index is 0.0812. The lowest BCUT2D eigenvalue weighted by atomic mass is 9.79. The van der Waals surface area contributed by atoms with Crippen molar-refractivity contribution in [2.24, 2.45) is 11.7 Å². The van der Waals surface area contributed by atoms with Gasteiger partial charge >= 0.3 is 0 Å². The predicted octanol–water partition coefficient (Wildman–Crippen LogP) is 2.79. The zero-order valence-corrected chi connectivity index (χ0v) is 12.9. The van der Waals surface area contributed by atoms with Gasteiger partial charge in [-0.15, -0.1) is 0 Å². The van der Waals surface area contributed by atoms with E-state index in [2.05, 4.69) is 24.0 Å². The third-order valence-corrected chi connectivity index (χ3v) is 4.34. The summed E-state index contributed by atoms with van der Waals surface area (Å²) in [5.74, 6) is 2.10. The van der Waals surface area contributed by atoms with Gasteiger partial charge in [0.15, 0.2) is 0 Å². The molecule has 114 valence electrons. The molecular formula is C15H27N3O2. The van der Waals surface area contributed by atoms with Crippen molar-refractivity contribution in [1.82, 2.24) is 10.1 Å². The topological polar surface area (TPSA) is 74.2 Å². The van der Waals surface area contributed by atoms with Gasteiger partial charge in [0.25, 0.3) is 0 Å². The van der Waals surface area contributed by atoms with E-state index in [1.54, 1.807) is 0 Å². The molecule has 1 fully saturated rings. The zero-order chi connectivity index (χ0) is 14.6. The van der Waals surface area contributed by atoms with Crippen LogP contribution < -0.4 is 5.73 Å². The van der Waals surface area contributed by atoms with E-state index in [1.807, 2.05) is 6.92 Å². The molecule has 5 heteroatoms. The first-order valence-corrected chi connectivity index (χ1v) is 7.82. The molecule has 1 aromatic rings. The fourth-order valence-electron chi connectivity index (χ4n) is 2.83. The second kappa shape index (κ2) is 6.68. The molecule has 20 heavy (non-hydrogen) atoms. The average Bonchev–Trinajstić information content (AvgIpc) is 2.91. The van der Waals surface area contributed by atoms with Crippen LogP contribution in [-0.4, -0.2) is 22.8 Å². The van der Waals surface area contributed by atoms with Crippen LogP contribution in [0, 0.1) is 5.92 Å². The Morgan fingerprint density at radius 2 is 2.10 bits per heavy atom. The highest BCUT2D eigenvalue weighted by Crippen LogP contribution is 2.41. The number of aromatic nitrogens is 2. The number of hydrogen-bond donors (Lipinski definition) is 1.